The molecule has 0 radical (unpaired) electrons. The molecule has 0 aliphatic heterocycles. The third-order valence-electron chi connectivity index (χ3n) is 1.27. The van der Waals surface area contributed by atoms with E-state index in [-0.39, 0.29) is 18.0 Å². The van der Waals surface area contributed by atoms with Crippen molar-refractivity contribution in [2.24, 2.45) is 0 Å². The Kier molecular flexibility index (Phi) is 5.08. The first-order valence-corrected chi connectivity index (χ1v) is 4.12. The van der Waals surface area contributed by atoms with Crippen LogP contribution in [-0.4, -0.2) is 18.0 Å². The number of hydrogen-bond donors (Lipinski definition) is 2. The summed E-state index contributed by atoms with van der Waals surface area (Å²) in [5.41, 5.74) is 0. The summed E-state index contributed by atoms with van der Waals surface area (Å²) in [5.74, 6) is -0.168. The predicted octanol–water partition coefficient (Wildman–Crippen LogP) is 0.385. The van der Waals surface area contributed by atoms with Gasteiger partial charge in [0.1, 0.15) is 0 Å². The van der Waals surface area contributed by atoms with Gasteiger partial charge in [0.2, 0.25) is 11.8 Å². The Labute approximate surface area is 72.7 Å². The molecular formula is C8H16N2O2. The minimum Gasteiger partial charge on any atom is -0.337 e. The van der Waals surface area contributed by atoms with Crippen molar-refractivity contribution in [2.45, 2.75) is 39.8 Å². The Morgan fingerprint density at radius 1 is 1.33 bits per heavy atom. The minimum absolute atomic E-state index is 0.0289. The normalized spacial score (nSPS) is 11.9. The number of amides is 2. The highest BCUT2D eigenvalue weighted by molar-refractivity contribution is 5.77. The van der Waals surface area contributed by atoms with Crippen molar-refractivity contribution in [3.05, 3.63) is 0 Å². The fraction of sp³-hybridized carbons (Fsp3) is 0.750. The number of rotatable bonds is 4. The summed E-state index contributed by atoms with van der Waals surface area (Å²) in [7, 11) is 0. The average molecular weight is 172 g/mol. The fourth-order valence-corrected chi connectivity index (χ4v) is 0.882. The third kappa shape index (κ3) is 5.70. The van der Waals surface area contributed by atoms with Crippen LogP contribution in [0.1, 0.15) is 33.6 Å². The number of nitrogens with one attached hydrogen (secondary N) is 2. The SMILES string of the molecule is CCCC(=O)NC(C)NC(C)=O. The molecule has 12 heavy (non-hydrogen) atoms. The number of carbonyl (C=O) groups is 2. The molecule has 0 aromatic heterocycles. The predicted molar refractivity (Wildman–Crippen MR) is 46.3 cm³/mol. The molecule has 0 aromatic carbocycles. The minimum atomic E-state index is -0.276. The van der Waals surface area contributed by atoms with Crippen LogP contribution in [0.5, 0.6) is 0 Å². The van der Waals surface area contributed by atoms with Crippen molar-refractivity contribution in [3.8, 4) is 0 Å². The van der Waals surface area contributed by atoms with E-state index in [0.29, 0.717) is 6.42 Å². The van der Waals surface area contributed by atoms with Crippen LogP contribution in [0, 0.1) is 0 Å². The van der Waals surface area contributed by atoms with Crippen LogP contribution in [0.2, 0.25) is 0 Å². The van der Waals surface area contributed by atoms with Gasteiger partial charge in [-0.3, -0.25) is 9.59 Å². The van der Waals surface area contributed by atoms with Crippen molar-refractivity contribution < 1.29 is 9.59 Å². The molecule has 0 aliphatic carbocycles. The zero-order valence-electron chi connectivity index (χ0n) is 7.81. The molecule has 0 spiro atoms. The Bertz CT molecular complexity index is 168. The molecule has 0 heterocycles. The second-order valence-electron chi connectivity index (χ2n) is 2.74. The Morgan fingerprint density at radius 2 is 1.92 bits per heavy atom. The van der Waals surface area contributed by atoms with Crippen LogP contribution in [-0.2, 0) is 9.59 Å². The van der Waals surface area contributed by atoms with E-state index >= 15 is 0 Å². The molecule has 0 saturated carbocycles. The van der Waals surface area contributed by atoms with Gasteiger partial charge in [0.15, 0.2) is 0 Å². The average Bonchev–Trinajstić information content (AvgIpc) is 1.84. The van der Waals surface area contributed by atoms with Crippen molar-refractivity contribution in [2.75, 3.05) is 0 Å². The van der Waals surface area contributed by atoms with Gasteiger partial charge in [-0.1, -0.05) is 6.92 Å². The molecule has 2 N–H and O–H groups in total. The molecule has 0 aliphatic rings. The van der Waals surface area contributed by atoms with Gasteiger partial charge in [0, 0.05) is 13.3 Å². The third-order valence-corrected chi connectivity index (χ3v) is 1.27. The summed E-state index contributed by atoms with van der Waals surface area (Å²) in [4.78, 5) is 21.5. The Morgan fingerprint density at radius 3 is 2.33 bits per heavy atom. The van der Waals surface area contributed by atoms with E-state index in [4.69, 9.17) is 0 Å². The quantitative estimate of drug-likeness (QED) is 0.602. The van der Waals surface area contributed by atoms with Gasteiger partial charge in [-0.05, 0) is 13.3 Å². The molecule has 4 heteroatoms. The maximum absolute atomic E-state index is 11.0. The van der Waals surface area contributed by atoms with E-state index in [1.54, 1.807) is 6.92 Å². The van der Waals surface area contributed by atoms with Crippen molar-refractivity contribution >= 4 is 11.8 Å². The summed E-state index contributed by atoms with van der Waals surface area (Å²) in [6.45, 7) is 5.08. The maximum atomic E-state index is 11.0. The van der Waals surface area contributed by atoms with Crippen LogP contribution in [0.25, 0.3) is 0 Å². The lowest BCUT2D eigenvalue weighted by molar-refractivity contribution is -0.123. The number of hydrogen-bond acceptors (Lipinski definition) is 2. The summed E-state index contributed by atoms with van der Waals surface area (Å²) >= 11 is 0. The molecule has 0 aromatic rings. The molecule has 0 rings (SSSR count). The van der Waals surface area contributed by atoms with E-state index in [9.17, 15) is 9.59 Å². The molecule has 1 unspecified atom stereocenters. The summed E-state index contributed by atoms with van der Waals surface area (Å²) < 4.78 is 0. The van der Waals surface area contributed by atoms with Gasteiger partial charge >= 0.3 is 0 Å². The monoisotopic (exact) mass is 172 g/mol. The first-order chi connectivity index (χ1) is 5.56. The largest absolute Gasteiger partial charge is 0.337 e. The number of carbonyl (C=O) groups excluding carboxylic acids is 2. The second kappa shape index (κ2) is 5.57. The molecule has 2 amide bonds. The smallest absolute Gasteiger partial charge is 0.221 e. The molecule has 4 nitrogen and oxygen atoms in total. The van der Waals surface area contributed by atoms with Crippen LogP contribution in [0.15, 0.2) is 0 Å². The van der Waals surface area contributed by atoms with Gasteiger partial charge in [0.05, 0.1) is 6.17 Å². The first kappa shape index (κ1) is 10.9. The van der Waals surface area contributed by atoms with E-state index in [1.807, 2.05) is 6.92 Å². The Balaban J connectivity index is 3.61. The van der Waals surface area contributed by atoms with Crippen LogP contribution < -0.4 is 10.6 Å². The molecule has 70 valence electrons. The fourth-order valence-electron chi connectivity index (χ4n) is 0.882. The highest BCUT2D eigenvalue weighted by Gasteiger charge is 2.05. The van der Waals surface area contributed by atoms with E-state index in [2.05, 4.69) is 10.6 Å². The summed E-state index contributed by atoms with van der Waals surface area (Å²) in [6.07, 6.45) is 1.05. The van der Waals surface area contributed by atoms with Gasteiger partial charge in [0.25, 0.3) is 0 Å². The molecule has 0 saturated heterocycles. The summed E-state index contributed by atoms with van der Waals surface area (Å²) in [6, 6.07) is 0. The molecule has 0 bridgehead atoms. The van der Waals surface area contributed by atoms with Crippen LogP contribution >= 0.6 is 0 Å². The van der Waals surface area contributed by atoms with Gasteiger partial charge in [-0.2, -0.15) is 0 Å². The van der Waals surface area contributed by atoms with Gasteiger partial charge in [-0.15, -0.1) is 0 Å². The summed E-state index contributed by atoms with van der Waals surface area (Å²) in [5, 5.41) is 5.20. The lowest BCUT2D eigenvalue weighted by Crippen LogP contribution is -2.44. The lowest BCUT2D eigenvalue weighted by Gasteiger charge is -2.13. The molecule has 0 fully saturated rings. The van der Waals surface area contributed by atoms with E-state index in [1.165, 1.54) is 6.92 Å². The highest BCUT2D eigenvalue weighted by atomic mass is 16.2. The van der Waals surface area contributed by atoms with E-state index in [0.717, 1.165) is 6.42 Å². The van der Waals surface area contributed by atoms with Gasteiger partial charge < -0.3 is 10.6 Å². The molecular weight excluding hydrogens is 156 g/mol. The van der Waals surface area contributed by atoms with Crippen molar-refractivity contribution in [1.82, 2.24) is 10.6 Å². The maximum Gasteiger partial charge on any atom is 0.221 e. The van der Waals surface area contributed by atoms with E-state index < -0.39 is 0 Å². The Hall–Kier alpha value is -1.06. The lowest BCUT2D eigenvalue weighted by atomic mass is 10.3. The van der Waals surface area contributed by atoms with Gasteiger partial charge in [-0.25, -0.2) is 0 Å². The first-order valence-electron chi connectivity index (χ1n) is 4.12. The van der Waals surface area contributed by atoms with Crippen molar-refractivity contribution in [3.63, 3.8) is 0 Å². The topological polar surface area (TPSA) is 58.2 Å². The zero-order valence-corrected chi connectivity index (χ0v) is 7.81. The highest BCUT2D eigenvalue weighted by Crippen LogP contribution is 1.86. The second-order valence-corrected chi connectivity index (χ2v) is 2.74. The van der Waals surface area contributed by atoms with Crippen LogP contribution in [0.4, 0.5) is 0 Å². The standard InChI is InChI=1S/C8H16N2O2/c1-4-5-8(12)10-6(2)9-7(3)11/h6H,4-5H2,1-3H3,(H,9,11)(H,10,12). The van der Waals surface area contributed by atoms with Crippen molar-refractivity contribution in [1.29, 1.82) is 0 Å². The zero-order chi connectivity index (χ0) is 9.56. The molecule has 1 atom stereocenters. The van der Waals surface area contributed by atoms with Crippen LogP contribution in [0.3, 0.4) is 0 Å².